The van der Waals surface area contributed by atoms with Crippen molar-refractivity contribution in [1.29, 1.82) is 0 Å². The molecule has 3 heterocycles. The van der Waals surface area contributed by atoms with E-state index in [0.29, 0.717) is 26.2 Å². The Morgan fingerprint density at radius 1 is 1.34 bits per heavy atom. The number of thiophene rings is 1. The Morgan fingerprint density at radius 2 is 2.16 bits per heavy atom. The van der Waals surface area contributed by atoms with E-state index < -0.39 is 0 Å². The van der Waals surface area contributed by atoms with Crippen molar-refractivity contribution in [2.24, 2.45) is 0 Å². The summed E-state index contributed by atoms with van der Waals surface area (Å²) in [5.74, 6) is 0.878. The Morgan fingerprint density at radius 3 is 2.94 bits per heavy atom. The lowest BCUT2D eigenvalue weighted by atomic mass is 10.0. The third-order valence-corrected chi connectivity index (χ3v) is 6.89. The topological polar surface area (TPSA) is 81.6 Å². The zero-order valence-electron chi connectivity index (χ0n) is 18.5. The van der Waals surface area contributed by atoms with Crippen molar-refractivity contribution in [3.8, 4) is 0 Å². The summed E-state index contributed by atoms with van der Waals surface area (Å²) in [7, 11) is 1.92. The van der Waals surface area contributed by atoms with Crippen LogP contribution < -0.4 is 5.32 Å². The Balaban J connectivity index is 1.49. The number of fused-ring (bicyclic) bond motifs is 3. The predicted molar refractivity (Wildman–Crippen MR) is 129 cm³/mol. The molecule has 0 saturated carbocycles. The molecular weight excluding hydrogens is 422 g/mol. The van der Waals surface area contributed by atoms with E-state index >= 15 is 0 Å². The van der Waals surface area contributed by atoms with Crippen LogP contribution in [0.15, 0.2) is 48.8 Å². The molecule has 0 bridgehead atoms. The third-order valence-electron chi connectivity index (χ3n) is 5.76. The minimum absolute atomic E-state index is 0.0210. The molecule has 8 heteroatoms. The molecule has 1 amide bonds. The number of carbonyl (C=O) groups excluding carboxylic acids is 1. The number of carbonyl (C=O) groups is 1. The lowest BCUT2D eigenvalue weighted by Gasteiger charge is -2.26. The summed E-state index contributed by atoms with van der Waals surface area (Å²) in [6.45, 7) is 4.75. The van der Waals surface area contributed by atoms with Gasteiger partial charge >= 0.3 is 0 Å². The van der Waals surface area contributed by atoms with E-state index in [9.17, 15) is 4.79 Å². The molecule has 7 nitrogen and oxygen atoms in total. The van der Waals surface area contributed by atoms with Crippen molar-refractivity contribution in [2.75, 3.05) is 38.6 Å². The molecule has 0 unspecified atom stereocenters. The van der Waals surface area contributed by atoms with Crippen LogP contribution in [-0.4, -0.2) is 64.1 Å². The maximum atomic E-state index is 12.7. The number of aliphatic hydroxyl groups excluding tert-OH is 1. The van der Waals surface area contributed by atoms with Crippen LogP contribution in [0.2, 0.25) is 0 Å². The van der Waals surface area contributed by atoms with Crippen LogP contribution in [0.1, 0.15) is 29.0 Å². The number of aliphatic hydroxyl groups is 1. The fraction of sp³-hybridized carbons (Fsp3) is 0.375. The largest absolute Gasteiger partial charge is 0.395 e. The number of hydrogen-bond acceptors (Lipinski definition) is 7. The van der Waals surface area contributed by atoms with Gasteiger partial charge in [0.05, 0.1) is 18.5 Å². The minimum Gasteiger partial charge on any atom is -0.395 e. The average Bonchev–Trinajstić information content (AvgIpc) is 3.18. The maximum Gasteiger partial charge on any atom is 0.246 e. The van der Waals surface area contributed by atoms with Gasteiger partial charge in [-0.1, -0.05) is 36.4 Å². The Kier molecular flexibility index (Phi) is 7.14. The van der Waals surface area contributed by atoms with E-state index in [1.54, 1.807) is 23.7 Å². The van der Waals surface area contributed by atoms with Gasteiger partial charge in [0.2, 0.25) is 5.91 Å². The highest BCUT2D eigenvalue weighted by atomic mass is 32.1. The van der Waals surface area contributed by atoms with Crippen LogP contribution in [0, 0.1) is 0 Å². The predicted octanol–water partition coefficient (Wildman–Crippen LogP) is 3.23. The number of nitrogens with one attached hydrogen (secondary N) is 1. The number of benzene rings is 1. The lowest BCUT2D eigenvalue weighted by Crippen LogP contribution is -2.34. The Bertz CT molecular complexity index is 1100. The summed E-state index contributed by atoms with van der Waals surface area (Å²) in [5.41, 5.74) is 2.46. The van der Waals surface area contributed by atoms with Crippen molar-refractivity contribution in [2.45, 2.75) is 25.9 Å². The molecule has 2 aromatic heterocycles. The van der Waals surface area contributed by atoms with Crippen molar-refractivity contribution >= 4 is 33.3 Å². The van der Waals surface area contributed by atoms with Crippen LogP contribution in [0.3, 0.4) is 0 Å². The quantitative estimate of drug-likeness (QED) is 0.512. The molecule has 0 aliphatic carbocycles. The molecular formula is C24H29N5O2S. The highest BCUT2D eigenvalue weighted by Crippen LogP contribution is 2.38. The lowest BCUT2D eigenvalue weighted by molar-refractivity contribution is -0.126. The van der Waals surface area contributed by atoms with Gasteiger partial charge in [0.15, 0.2) is 0 Å². The molecule has 0 saturated heterocycles. The molecule has 1 atom stereocenters. The number of aromatic nitrogens is 2. The molecule has 32 heavy (non-hydrogen) atoms. The summed E-state index contributed by atoms with van der Waals surface area (Å²) in [4.78, 5) is 27.7. The van der Waals surface area contributed by atoms with Gasteiger partial charge in [-0.3, -0.25) is 4.79 Å². The molecule has 1 aliphatic heterocycles. The van der Waals surface area contributed by atoms with Crippen LogP contribution in [0.5, 0.6) is 0 Å². The molecule has 0 fully saturated rings. The fourth-order valence-corrected chi connectivity index (χ4v) is 5.16. The molecule has 0 radical (unpaired) electrons. The van der Waals surface area contributed by atoms with Crippen molar-refractivity contribution in [3.63, 3.8) is 0 Å². The van der Waals surface area contributed by atoms with E-state index in [0.717, 1.165) is 22.5 Å². The van der Waals surface area contributed by atoms with Gasteiger partial charge in [-0.15, -0.1) is 11.3 Å². The highest BCUT2D eigenvalue weighted by Gasteiger charge is 2.25. The summed E-state index contributed by atoms with van der Waals surface area (Å²) in [6, 6.07) is 10.4. The smallest absolute Gasteiger partial charge is 0.246 e. The van der Waals surface area contributed by atoms with E-state index in [4.69, 9.17) is 5.11 Å². The fourth-order valence-electron chi connectivity index (χ4n) is 3.96. The molecule has 1 aromatic carbocycles. The zero-order valence-corrected chi connectivity index (χ0v) is 19.3. The summed E-state index contributed by atoms with van der Waals surface area (Å²) >= 11 is 1.65. The van der Waals surface area contributed by atoms with E-state index in [-0.39, 0.29) is 18.6 Å². The molecule has 2 N–H and O–H groups in total. The summed E-state index contributed by atoms with van der Waals surface area (Å²) in [5, 5.41) is 13.6. The van der Waals surface area contributed by atoms with E-state index in [1.165, 1.54) is 16.0 Å². The van der Waals surface area contributed by atoms with Gasteiger partial charge in [0, 0.05) is 36.6 Å². The maximum absolute atomic E-state index is 12.7. The van der Waals surface area contributed by atoms with Crippen LogP contribution >= 0.6 is 11.3 Å². The SMILES string of the molecule is C[C@@H](Nc1ncnc2sc3c(c12)CCN(C(=O)/C=C/CN(C)CCO)C3)c1ccccc1. The van der Waals surface area contributed by atoms with Gasteiger partial charge in [0.25, 0.3) is 0 Å². The van der Waals surface area contributed by atoms with Gasteiger partial charge < -0.3 is 20.2 Å². The number of nitrogens with zero attached hydrogens (tertiary/aromatic N) is 4. The number of rotatable bonds is 8. The standard InChI is InChI=1S/C24H29N5O2S/c1-17(18-7-4-3-5-8-18)27-23-22-19-10-12-29(15-20(19)32-24(22)26-16-25-23)21(31)9-6-11-28(2)13-14-30/h3-9,16-17,30H,10-15H2,1-2H3,(H,25,26,27)/b9-6+/t17-/m1/s1. The first-order chi connectivity index (χ1) is 15.6. The first kappa shape index (κ1) is 22.4. The monoisotopic (exact) mass is 451 g/mol. The van der Waals surface area contributed by atoms with Gasteiger partial charge in [-0.05, 0) is 31.5 Å². The highest BCUT2D eigenvalue weighted by molar-refractivity contribution is 7.19. The number of amides is 1. The van der Waals surface area contributed by atoms with E-state index in [1.807, 2.05) is 41.1 Å². The third kappa shape index (κ3) is 4.98. The van der Waals surface area contributed by atoms with Crippen LogP contribution in [0.4, 0.5) is 5.82 Å². The van der Waals surface area contributed by atoms with Gasteiger partial charge in [-0.25, -0.2) is 9.97 Å². The normalized spacial score (nSPS) is 14.8. The second-order valence-electron chi connectivity index (χ2n) is 8.08. The van der Waals surface area contributed by atoms with Crippen LogP contribution in [-0.2, 0) is 17.8 Å². The van der Waals surface area contributed by atoms with Crippen molar-refractivity contribution in [3.05, 3.63) is 64.8 Å². The molecule has 1 aliphatic rings. The Hall–Kier alpha value is -2.81. The van der Waals surface area contributed by atoms with E-state index in [2.05, 4.69) is 34.3 Å². The molecule has 168 valence electrons. The molecule has 0 spiro atoms. The second kappa shape index (κ2) is 10.2. The van der Waals surface area contributed by atoms with Gasteiger partial charge in [0.1, 0.15) is 17.0 Å². The summed E-state index contributed by atoms with van der Waals surface area (Å²) in [6.07, 6.45) is 5.90. The number of hydrogen-bond donors (Lipinski definition) is 2. The summed E-state index contributed by atoms with van der Waals surface area (Å²) < 4.78 is 0. The van der Waals surface area contributed by atoms with Crippen LogP contribution in [0.25, 0.3) is 10.2 Å². The first-order valence-corrected chi connectivity index (χ1v) is 11.7. The molecule has 3 aromatic rings. The van der Waals surface area contributed by atoms with Crippen molar-refractivity contribution < 1.29 is 9.90 Å². The first-order valence-electron chi connectivity index (χ1n) is 10.9. The minimum atomic E-state index is 0.0210. The second-order valence-corrected chi connectivity index (χ2v) is 9.16. The van der Waals surface area contributed by atoms with Crippen molar-refractivity contribution in [1.82, 2.24) is 19.8 Å². The Labute approximate surface area is 192 Å². The van der Waals surface area contributed by atoms with Gasteiger partial charge in [-0.2, -0.15) is 0 Å². The molecule has 4 rings (SSSR count). The zero-order chi connectivity index (χ0) is 22.5. The number of anilines is 1. The number of likely N-dealkylation sites (N-methyl/N-ethyl adjacent to an activating group) is 1. The average molecular weight is 452 g/mol.